The summed E-state index contributed by atoms with van der Waals surface area (Å²) in [6.07, 6.45) is 5.05. The van der Waals surface area contributed by atoms with E-state index in [1.807, 2.05) is 13.1 Å². The van der Waals surface area contributed by atoms with E-state index in [0.717, 1.165) is 18.7 Å². The molecule has 2 aromatic rings. The molecule has 1 aliphatic carbocycles. The second-order valence-corrected chi connectivity index (χ2v) is 5.22. The first-order valence-corrected chi connectivity index (χ1v) is 6.63. The van der Waals surface area contributed by atoms with Crippen LogP contribution in [0.2, 0.25) is 0 Å². The zero-order chi connectivity index (χ0) is 13.3. The molecule has 1 aliphatic rings. The summed E-state index contributed by atoms with van der Waals surface area (Å²) < 4.78 is 1.80. The summed E-state index contributed by atoms with van der Waals surface area (Å²) in [6.45, 7) is 0. The van der Waals surface area contributed by atoms with Crippen LogP contribution in [0.4, 0.5) is 0 Å². The van der Waals surface area contributed by atoms with Crippen LogP contribution in [0.1, 0.15) is 36.7 Å². The number of nitrogens with one attached hydrogen (secondary N) is 1. The Morgan fingerprint density at radius 3 is 2.53 bits per heavy atom. The van der Waals surface area contributed by atoms with Gasteiger partial charge in [-0.15, -0.1) is 0 Å². The largest absolute Gasteiger partial charge is 0.271 e. The predicted octanol–water partition coefficient (Wildman–Crippen LogP) is 1.44. The van der Waals surface area contributed by atoms with Gasteiger partial charge in [-0.05, 0) is 18.4 Å². The Balaban J connectivity index is 2.04. The molecule has 0 spiro atoms. The molecule has 1 unspecified atom stereocenters. The first-order valence-electron chi connectivity index (χ1n) is 6.63. The Bertz CT molecular complexity index is 544. The molecule has 1 heterocycles. The Kier molecular flexibility index (Phi) is 3.08. The van der Waals surface area contributed by atoms with E-state index in [1.54, 1.807) is 11.0 Å². The standard InChI is InChI=1S/C14H19N5/c1-19-13(16-10-17-19)12(18-15)14(8-5-9-14)11-6-3-2-4-7-11/h2-4,6-7,10,12,18H,5,8-9,15H2,1H3. The Morgan fingerprint density at radius 2 is 2.05 bits per heavy atom. The summed E-state index contributed by atoms with van der Waals surface area (Å²) in [6, 6.07) is 10.6. The van der Waals surface area contributed by atoms with Crippen molar-refractivity contribution in [3.8, 4) is 0 Å². The van der Waals surface area contributed by atoms with Crippen LogP contribution in [0.15, 0.2) is 36.7 Å². The average Bonchev–Trinajstić information content (AvgIpc) is 2.81. The molecule has 5 nitrogen and oxygen atoms in total. The van der Waals surface area contributed by atoms with Gasteiger partial charge in [-0.25, -0.2) is 10.4 Å². The topological polar surface area (TPSA) is 68.8 Å². The Labute approximate surface area is 112 Å². The molecular formula is C14H19N5. The third kappa shape index (κ3) is 1.86. The molecule has 1 saturated carbocycles. The van der Waals surface area contributed by atoms with Crippen molar-refractivity contribution in [2.45, 2.75) is 30.7 Å². The van der Waals surface area contributed by atoms with Crippen LogP contribution in [0.5, 0.6) is 0 Å². The smallest absolute Gasteiger partial charge is 0.145 e. The highest BCUT2D eigenvalue weighted by atomic mass is 15.4. The van der Waals surface area contributed by atoms with Gasteiger partial charge in [0, 0.05) is 12.5 Å². The maximum atomic E-state index is 5.83. The zero-order valence-electron chi connectivity index (χ0n) is 11.1. The van der Waals surface area contributed by atoms with Gasteiger partial charge in [-0.1, -0.05) is 36.8 Å². The third-order valence-corrected chi connectivity index (χ3v) is 4.32. The molecule has 3 N–H and O–H groups in total. The van der Waals surface area contributed by atoms with E-state index >= 15 is 0 Å². The minimum Gasteiger partial charge on any atom is -0.271 e. The van der Waals surface area contributed by atoms with Gasteiger partial charge in [-0.2, -0.15) is 5.10 Å². The molecule has 0 aliphatic heterocycles. The average molecular weight is 257 g/mol. The van der Waals surface area contributed by atoms with E-state index in [4.69, 9.17) is 5.84 Å². The lowest BCUT2D eigenvalue weighted by Gasteiger charge is -2.47. The van der Waals surface area contributed by atoms with Crippen molar-refractivity contribution in [3.63, 3.8) is 0 Å². The van der Waals surface area contributed by atoms with Crippen LogP contribution in [0.3, 0.4) is 0 Å². The predicted molar refractivity (Wildman–Crippen MR) is 73.0 cm³/mol. The monoisotopic (exact) mass is 257 g/mol. The van der Waals surface area contributed by atoms with Crippen LogP contribution < -0.4 is 11.3 Å². The van der Waals surface area contributed by atoms with Crippen LogP contribution in [-0.2, 0) is 12.5 Å². The molecule has 0 bridgehead atoms. The third-order valence-electron chi connectivity index (χ3n) is 4.32. The van der Waals surface area contributed by atoms with Crippen molar-refractivity contribution in [2.75, 3.05) is 0 Å². The highest BCUT2D eigenvalue weighted by molar-refractivity contribution is 5.32. The fourth-order valence-electron chi connectivity index (χ4n) is 3.12. The lowest BCUT2D eigenvalue weighted by Crippen LogP contribution is -2.49. The van der Waals surface area contributed by atoms with Crippen molar-refractivity contribution in [1.82, 2.24) is 20.2 Å². The SMILES string of the molecule is Cn1ncnc1C(NN)C1(c2ccccc2)CCC1. The number of aryl methyl sites for hydroxylation is 1. The normalized spacial score (nSPS) is 18.8. The number of benzene rings is 1. The van der Waals surface area contributed by atoms with Gasteiger partial charge < -0.3 is 0 Å². The number of hydrazine groups is 1. The number of nitrogens with zero attached hydrogens (tertiary/aromatic N) is 3. The van der Waals surface area contributed by atoms with Crippen molar-refractivity contribution >= 4 is 0 Å². The van der Waals surface area contributed by atoms with Crippen LogP contribution >= 0.6 is 0 Å². The fraction of sp³-hybridized carbons (Fsp3) is 0.429. The molecular weight excluding hydrogens is 238 g/mol. The van der Waals surface area contributed by atoms with Gasteiger partial charge in [0.15, 0.2) is 0 Å². The molecule has 1 aromatic carbocycles. The van der Waals surface area contributed by atoms with Crippen molar-refractivity contribution in [1.29, 1.82) is 0 Å². The molecule has 0 saturated heterocycles. The molecule has 5 heteroatoms. The number of nitrogens with two attached hydrogens (primary N) is 1. The summed E-state index contributed by atoms with van der Waals surface area (Å²) >= 11 is 0. The quantitative estimate of drug-likeness (QED) is 0.642. The number of hydrogen-bond acceptors (Lipinski definition) is 4. The van der Waals surface area contributed by atoms with Gasteiger partial charge in [0.1, 0.15) is 12.2 Å². The minimum absolute atomic E-state index is 0.00356. The van der Waals surface area contributed by atoms with E-state index in [0.29, 0.717) is 0 Å². The summed E-state index contributed by atoms with van der Waals surface area (Å²) in [5.41, 5.74) is 4.33. The highest BCUT2D eigenvalue weighted by Crippen LogP contribution is 2.51. The number of aromatic nitrogens is 3. The van der Waals surface area contributed by atoms with Crippen molar-refractivity contribution < 1.29 is 0 Å². The summed E-state index contributed by atoms with van der Waals surface area (Å²) in [5.74, 6) is 6.73. The maximum absolute atomic E-state index is 5.83. The van der Waals surface area contributed by atoms with Gasteiger partial charge in [-0.3, -0.25) is 10.5 Å². The molecule has 100 valence electrons. The molecule has 3 rings (SSSR count). The van der Waals surface area contributed by atoms with E-state index in [1.165, 1.54) is 12.0 Å². The molecule has 0 amide bonds. The van der Waals surface area contributed by atoms with Gasteiger partial charge in [0.2, 0.25) is 0 Å². The summed E-state index contributed by atoms with van der Waals surface area (Å²) in [5, 5.41) is 4.16. The molecule has 19 heavy (non-hydrogen) atoms. The second-order valence-electron chi connectivity index (χ2n) is 5.22. The summed E-state index contributed by atoms with van der Waals surface area (Å²) in [4.78, 5) is 4.37. The van der Waals surface area contributed by atoms with Gasteiger partial charge in [0.25, 0.3) is 0 Å². The molecule has 1 atom stereocenters. The van der Waals surface area contributed by atoms with E-state index < -0.39 is 0 Å². The second kappa shape index (κ2) is 4.75. The van der Waals surface area contributed by atoms with Crippen molar-refractivity contribution in [3.05, 3.63) is 48.0 Å². The molecule has 1 fully saturated rings. The number of rotatable bonds is 4. The lowest BCUT2D eigenvalue weighted by atomic mass is 9.60. The number of hydrogen-bond donors (Lipinski definition) is 2. The highest BCUT2D eigenvalue weighted by Gasteiger charge is 2.47. The van der Waals surface area contributed by atoms with Gasteiger partial charge >= 0.3 is 0 Å². The fourth-order valence-corrected chi connectivity index (χ4v) is 3.12. The molecule has 1 aromatic heterocycles. The zero-order valence-corrected chi connectivity index (χ0v) is 11.1. The maximum Gasteiger partial charge on any atom is 0.145 e. The Hall–Kier alpha value is -1.72. The van der Waals surface area contributed by atoms with E-state index in [2.05, 4.69) is 39.8 Å². The summed E-state index contributed by atoms with van der Waals surface area (Å²) in [7, 11) is 1.91. The van der Waals surface area contributed by atoms with Crippen molar-refractivity contribution in [2.24, 2.45) is 12.9 Å². The van der Waals surface area contributed by atoms with E-state index in [-0.39, 0.29) is 11.5 Å². The first-order chi connectivity index (χ1) is 9.28. The van der Waals surface area contributed by atoms with Crippen LogP contribution in [0, 0.1) is 0 Å². The van der Waals surface area contributed by atoms with Crippen LogP contribution in [-0.4, -0.2) is 14.8 Å². The minimum atomic E-state index is -0.00356. The van der Waals surface area contributed by atoms with E-state index in [9.17, 15) is 0 Å². The lowest BCUT2D eigenvalue weighted by molar-refractivity contribution is 0.161. The molecule has 0 radical (unpaired) electrons. The Morgan fingerprint density at radius 1 is 1.32 bits per heavy atom. The van der Waals surface area contributed by atoms with Crippen LogP contribution in [0.25, 0.3) is 0 Å². The van der Waals surface area contributed by atoms with Gasteiger partial charge in [0.05, 0.1) is 6.04 Å². The first kappa shape index (κ1) is 12.3.